The van der Waals surface area contributed by atoms with Crippen LogP contribution in [0.2, 0.25) is 0 Å². The Morgan fingerprint density at radius 1 is 1.33 bits per heavy atom. The second-order valence-electron chi connectivity index (χ2n) is 5.34. The van der Waals surface area contributed by atoms with Crippen molar-refractivity contribution in [2.75, 3.05) is 13.6 Å². The Kier molecular flexibility index (Phi) is 2.84. The zero-order valence-electron chi connectivity index (χ0n) is 11.0. The lowest BCUT2D eigenvalue weighted by Gasteiger charge is -2.35. The van der Waals surface area contributed by atoms with E-state index in [1.807, 2.05) is 6.20 Å². The van der Waals surface area contributed by atoms with Crippen LogP contribution in [0.5, 0.6) is 0 Å². The van der Waals surface area contributed by atoms with E-state index in [1.54, 1.807) is 0 Å². The van der Waals surface area contributed by atoms with E-state index >= 15 is 0 Å². The molecule has 0 bridgehead atoms. The van der Waals surface area contributed by atoms with Crippen LogP contribution < -0.4 is 5.73 Å². The van der Waals surface area contributed by atoms with Gasteiger partial charge >= 0.3 is 0 Å². The van der Waals surface area contributed by atoms with E-state index in [4.69, 9.17) is 5.73 Å². The Morgan fingerprint density at radius 3 is 2.94 bits per heavy atom. The van der Waals surface area contributed by atoms with E-state index in [1.165, 1.54) is 11.4 Å². The fourth-order valence-electron chi connectivity index (χ4n) is 3.02. The molecule has 1 aliphatic heterocycles. The molecule has 4 heteroatoms. The van der Waals surface area contributed by atoms with Crippen molar-refractivity contribution < 1.29 is 0 Å². The van der Waals surface area contributed by atoms with Gasteiger partial charge in [-0.2, -0.15) is 0 Å². The summed E-state index contributed by atoms with van der Waals surface area (Å²) in [6, 6.07) is 6.99. The molecule has 0 amide bonds. The number of nitrogens with two attached hydrogens (primary N) is 1. The van der Waals surface area contributed by atoms with Gasteiger partial charge in [0.15, 0.2) is 0 Å². The van der Waals surface area contributed by atoms with Gasteiger partial charge in [0.1, 0.15) is 5.65 Å². The lowest BCUT2D eigenvalue weighted by molar-refractivity contribution is 0.165. The zero-order valence-corrected chi connectivity index (χ0v) is 11.0. The van der Waals surface area contributed by atoms with Crippen LogP contribution in [0, 0.1) is 6.92 Å². The highest BCUT2D eigenvalue weighted by molar-refractivity contribution is 5.42. The first kappa shape index (κ1) is 11.7. The molecule has 2 atom stereocenters. The SMILES string of the molecule is Cc1cccc2ncc(C3CCC(N)CN3C)n12. The predicted octanol–water partition coefficient (Wildman–Crippen LogP) is 1.74. The topological polar surface area (TPSA) is 46.6 Å². The molecule has 0 saturated carbocycles. The van der Waals surface area contributed by atoms with Crippen molar-refractivity contribution in [3.63, 3.8) is 0 Å². The number of hydrogen-bond donors (Lipinski definition) is 1. The highest BCUT2D eigenvalue weighted by atomic mass is 15.2. The Labute approximate surface area is 107 Å². The quantitative estimate of drug-likeness (QED) is 0.831. The number of likely N-dealkylation sites (N-methyl/N-ethyl adjacent to an activating group) is 1. The molecule has 2 aromatic heterocycles. The minimum absolute atomic E-state index is 0.312. The van der Waals surface area contributed by atoms with Gasteiger partial charge in [-0.15, -0.1) is 0 Å². The lowest BCUT2D eigenvalue weighted by atomic mass is 9.97. The minimum atomic E-state index is 0.312. The number of aromatic nitrogens is 2. The summed E-state index contributed by atoms with van der Waals surface area (Å²) in [5.74, 6) is 0. The van der Waals surface area contributed by atoms with Gasteiger partial charge in [0.2, 0.25) is 0 Å². The highest BCUT2D eigenvalue weighted by Gasteiger charge is 2.27. The molecule has 0 aliphatic carbocycles. The molecule has 1 fully saturated rings. The molecule has 96 valence electrons. The van der Waals surface area contributed by atoms with Crippen LogP contribution in [0.4, 0.5) is 0 Å². The zero-order chi connectivity index (χ0) is 12.7. The lowest BCUT2D eigenvalue weighted by Crippen LogP contribution is -2.42. The third kappa shape index (κ3) is 1.82. The Bertz CT molecular complexity index is 560. The molecular formula is C14H20N4. The number of piperidine rings is 1. The maximum Gasteiger partial charge on any atom is 0.137 e. The number of pyridine rings is 1. The molecule has 1 aliphatic rings. The Hall–Kier alpha value is -1.39. The van der Waals surface area contributed by atoms with Crippen molar-refractivity contribution in [3.8, 4) is 0 Å². The molecule has 18 heavy (non-hydrogen) atoms. The van der Waals surface area contributed by atoms with E-state index in [2.05, 4.69) is 46.5 Å². The number of imidazole rings is 1. The fraction of sp³-hybridized carbons (Fsp3) is 0.500. The van der Waals surface area contributed by atoms with Gasteiger partial charge in [-0.3, -0.25) is 9.30 Å². The highest BCUT2D eigenvalue weighted by Crippen LogP contribution is 2.30. The van der Waals surface area contributed by atoms with E-state index < -0.39 is 0 Å². The molecule has 2 aromatic rings. The van der Waals surface area contributed by atoms with Crippen molar-refractivity contribution >= 4 is 5.65 Å². The number of hydrogen-bond acceptors (Lipinski definition) is 3. The Balaban J connectivity index is 2.04. The summed E-state index contributed by atoms with van der Waals surface area (Å²) in [7, 11) is 2.15. The van der Waals surface area contributed by atoms with E-state index in [9.17, 15) is 0 Å². The van der Waals surface area contributed by atoms with Crippen molar-refractivity contribution in [3.05, 3.63) is 35.8 Å². The van der Waals surface area contributed by atoms with Crippen molar-refractivity contribution in [2.45, 2.75) is 31.8 Å². The summed E-state index contributed by atoms with van der Waals surface area (Å²) in [5, 5.41) is 0. The average Bonchev–Trinajstić information content (AvgIpc) is 2.74. The molecule has 3 rings (SSSR count). The van der Waals surface area contributed by atoms with Crippen LogP contribution in [-0.2, 0) is 0 Å². The van der Waals surface area contributed by atoms with Crippen LogP contribution in [-0.4, -0.2) is 33.9 Å². The van der Waals surface area contributed by atoms with Gasteiger partial charge in [-0.05, 0) is 38.9 Å². The van der Waals surface area contributed by atoms with Crippen molar-refractivity contribution in [1.82, 2.24) is 14.3 Å². The summed E-state index contributed by atoms with van der Waals surface area (Å²) in [6.45, 7) is 3.09. The van der Waals surface area contributed by atoms with Crippen LogP contribution in [0.15, 0.2) is 24.4 Å². The first-order chi connectivity index (χ1) is 8.66. The predicted molar refractivity (Wildman–Crippen MR) is 72.5 cm³/mol. The number of fused-ring (bicyclic) bond motifs is 1. The summed E-state index contributed by atoms with van der Waals surface area (Å²) >= 11 is 0. The standard InChI is InChI=1S/C14H20N4/c1-10-4-3-5-14-16-8-13(18(10)14)12-7-6-11(15)9-17(12)2/h3-5,8,11-12H,6-7,9,15H2,1-2H3. The first-order valence-corrected chi connectivity index (χ1v) is 6.55. The normalized spacial score (nSPS) is 25.7. The van der Waals surface area contributed by atoms with E-state index in [-0.39, 0.29) is 0 Å². The fourth-order valence-corrected chi connectivity index (χ4v) is 3.02. The van der Waals surface area contributed by atoms with Crippen LogP contribution >= 0.6 is 0 Å². The molecule has 0 aromatic carbocycles. The summed E-state index contributed by atoms with van der Waals surface area (Å²) in [4.78, 5) is 6.86. The van der Waals surface area contributed by atoms with Gasteiger partial charge in [0.05, 0.1) is 17.9 Å². The van der Waals surface area contributed by atoms with Crippen molar-refractivity contribution in [1.29, 1.82) is 0 Å². The van der Waals surface area contributed by atoms with Crippen LogP contribution in [0.3, 0.4) is 0 Å². The summed E-state index contributed by atoms with van der Waals surface area (Å²) in [5.41, 5.74) is 9.58. The number of likely N-dealkylation sites (tertiary alicyclic amines) is 1. The molecule has 0 spiro atoms. The maximum absolute atomic E-state index is 6.02. The van der Waals surface area contributed by atoms with Gasteiger partial charge in [-0.25, -0.2) is 4.98 Å². The van der Waals surface area contributed by atoms with E-state index in [0.29, 0.717) is 12.1 Å². The van der Waals surface area contributed by atoms with E-state index in [0.717, 1.165) is 25.0 Å². The van der Waals surface area contributed by atoms with Gasteiger partial charge in [0, 0.05) is 18.3 Å². The number of rotatable bonds is 1. The molecule has 4 nitrogen and oxygen atoms in total. The third-order valence-corrected chi connectivity index (χ3v) is 3.96. The summed E-state index contributed by atoms with van der Waals surface area (Å²) < 4.78 is 2.26. The molecule has 3 heterocycles. The Morgan fingerprint density at radius 2 is 2.17 bits per heavy atom. The van der Waals surface area contributed by atoms with Crippen LogP contribution in [0.1, 0.15) is 30.3 Å². The second-order valence-corrected chi connectivity index (χ2v) is 5.34. The number of aryl methyl sites for hydroxylation is 1. The van der Waals surface area contributed by atoms with Gasteiger partial charge in [-0.1, -0.05) is 6.07 Å². The molecular weight excluding hydrogens is 224 g/mol. The largest absolute Gasteiger partial charge is 0.327 e. The molecule has 0 radical (unpaired) electrons. The minimum Gasteiger partial charge on any atom is -0.327 e. The molecule has 2 N–H and O–H groups in total. The third-order valence-electron chi connectivity index (χ3n) is 3.96. The van der Waals surface area contributed by atoms with Crippen LogP contribution in [0.25, 0.3) is 5.65 Å². The van der Waals surface area contributed by atoms with Gasteiger partial charge < -0.3 is 5.73 Å². The first-order valence-electron chi connectivity index (χ1n) is 6.55. The molecule has 1 saturated heterocycles. The summed E-state index contributed by atoms with van der Waals surface area (Å²) in [6.07, 6.45) is 4.22. The monoisotopic (exact) mass is 244 g/mol. The average molecular weight is 244 g/mol. The van der Waals surface area contributed by atoms with Gasteiger partial charge in [0.25, 0.3) is 0 Å². The number of nitrogens with zero attached hydrogens (tertiary/aromatic N) is 3. The van der Waals surface area contributed by atoms with Crippen molar-refractivity contribution in [2.24, 2.45) is 5.73 Å². The smallest absolute Gasteiger partial charge is 0.137 e. The molecule has 2 unspecified atom stereocenters. The second kappa shape index (κ2) is 4.37. The maximum atomic E-state index is 6.02.